The summed E-state index contributed by atoms with van der Waals surface area (Å²) in [5, 5.41) is 11.5. The zero-order valence-electron chi connectivity index (χ0n) is 21.9. The molecule has 7 heteroatoms. The van der Waals surface area contributed by atoms with Crippen molar-refractivity contribution in [3.05, 3.63) is 101 Å². The highest BCUT2D eigenvalue weighted by Gasteiger charge is 2.47. The van der Waals surface area contributed by atoms with Gasteiger partial charge in [-0.2, -0.15) is 0 Å². The number of anilines is 1. The van der Waals surface area contributed by atoms with Crippen molar-refractivity contribution in [3.8, 4) is 5.75 Å². The van der Waals surface area contributed by atoms with Gasteiger partial charge in [0.05, 0.1) is 31.8 Å². The second-order valence-corrected chi connectivity index (χ2v) is 9.34. The van der Waals surface area contributed by atoms with Gasteiger partial charge in [-0.1, -0.05) is 56.3 Å². The Hall–Kier alpha value is -4.39. The van der Waals surface area contributed by atoms with Crippen LogP contribution < -0.4 is 9.64 Å². The topological polar surface area (TPSA) is 93.1 Å². The van der Waals surface area contributed by atoms with E-state index in [2.05, 4.69) is 0 Å². The minimum Gasteiger partial charge on any atom is -0.507 e. The van der Waals surface area contributed by atoms with Crippen LogP contribution in [0.5, 0.6) is 5.75 Å². The third-order valence-electron chi connectivity index (χ3n) is 6.55. The normalized spacial score (nSPS) is 16.7. The number of carbonyl (C=O) groups is 3. The summed E-state index contributed by atoms with van der Waals surface area (Å²) in [7, 11) is 1.58. The third-order valence-corrected chi connectivity index (χ3v) is 6.55. The van der Waals surface area contributed by atoms with Crippen molar-refractivity contribution in [3.63, 3.8) is 0 Å². The summed E-state index contributed by atoms with van der Waals surface area (Å²) in [6.07, 6.45) is 0.102. The van der Waals surface area contributed by atoms with Gasteiger partial charge in [-0.25, -0.2) is 0 Å². The van der Waals surface area contributed by atoms with E-state index >= 15 is 0 Å². The molecule has 4 rings (SSSR count). The number of benzene rings is 3. The Bertz CT molecular complexity index is 1380. The second kappa shape index (κ2) is 11.3. The highest BCUT2D eigenvalue weighted by molar-refractivity contribution is 6.51. The van der Waals surface area contributed by atoms with Crippen LogP contribution in [0.2, 0.25) is 0 Å². The molecule has 0 bridgehead atoms. The summed E-state index contributed by atoms with van der Waals surface area (Å²) in [5.41, 5.74) is 3.19. The number of Topliss-reactive ketones (excluding diaryl/α,β-unsaturated/α-hetero) is 1. The van der Waals surface area contributed by atoms with Gasteiger partial charge in [0.25, 0.3) is 11.7 Å². The average Bonchev–Trinajstić information content (AvgIpc) is 3.19. The van der Waals surface area contributed by atoms with Crippen LogP contribution in [-0.4, -0.2) is 36.5 Å². The van der Waals surface area contributed by atoms with E-state index in [4.69, 9.17) is 9.47 Å². The van der Waals surface area contributed by atoms with Crippen molar-refractivity contribution in [1.29, 1.82) is 0 Å². The SMILES string of the molecule is CCOC(=O)Cc1ccc(N2C(=O)C(=O)/C(=C(\O)c3ccc(OC)c(C(C)C)c3)C2c2ccccc2)cc1. The number of hydrogen-bond donors (Lipinski definition) is 1. The van der Waals surface area contributed by atoms with E-state index in [-0.39, 0.29) is 29.6 Å². The van der Waals surface area contributed by atoms with Crippen molar-refractivity contribution < 1.29 is 29.0 Å². The first kappa shape index (κ1) is 26.7. The monoisotopic (exact) mass is 513 g/mol. The highest BCUT2D eigenvalue weighted by atomic mass is 16.5. The molecule has 3 aromatic rings. The van der Waals surface area contributed by atoms with E-state index < -0.39 is 17.7 Å². The average molecular weight is 514 g/mol. The molecule has 1 unspecified atom stereocenters. The molecule has 1 atom stereocenters. The largest absolute Gasteiger partial charge is 0.507 e. The molecular weight excluding hydrogens is 482 g/mol. The summed E-state index contributed by atoms with van der Waals surface area (Å²) in [4.78, 5) is 40.1. The first-order chi connectivity index (χ1) is 18.3. The Morgan fingerprint density at radius 2 is 1.68 bits per heavy atom. The molecule has 3 aromatic carbocycles. The molecule has 0 aromatic heterocycles. The number of hydrogen-bond acceptors (Lipinski definition) is 6. The van der Waals surface area contributed by atoms with Crippen molar-refractivity contribution in [2.75, 3.05) is 18.6 Å². The predicted molar refractivity (Wildman–Crippen MR) is 145 cm³/mol. The molecular formula is C31H31NO6. The number of aliphatic hydroxyl groups is 1. The minimum atomic E-state index is -0.836. The molecule has 0 radical (unpaired) electrons. The van der Waals surface area contributed by atoms with Gasteiger partial charge in [0.1, 0.15) is 11.5 Å². The van der Waals surface area contributed by atoms with E-state index in [0.717, 1.165) is 11.1 Å². The number of carbonyl (C=O) groups excluding carboxylic acids is 3. The summed E-state index contributed by atoms with van der Waals surface area (Å²) in [5.74, 6) is -1.31. The minimum absolute atomic E-state index is 0.0108. The van der Waals surface area contributed by atoms with Crippen LogP contribution in [0.1, 0.15) is 55.0 Å². The molecule has 1 aliphatic heterocycles. The van der Waals surface area contributed by atoms with Gasteiger partial charge < -0.3 is 14.6 Å². The zero-order chi connectivity index (χ0) is 27.4. The molecule has 1 fully saturated rings. The lowest BCUT2D eigenvalue weighted by molar-refractivity contribution is -0.142. The molecule has 1 aliphatic rings. The standard InChI is InChI=1S/C31H31NO6/c1-5-38-26(33)17-20-11-14-23(15-12-20)32-28(21-9-7-6-8-10-21)27(30(35)31(32)36)29(34)22-13-16-25(37-4)24(18-22)19(2)3/h6-16,18-19,28,34H,5,17H2,1-4H3/b29-27-. The number of amides is 1. The number of ketones is 1. The van der Waals surface area contributed by atoms with Gasteiger partial charge in [0.2, 0.25) is 0 Å². The van der Waals surface area contributed by atoms with E-state index in [1.807, 2.05) is 44.2 Å². The van der Waals surface area contributed by atoms with Gasteiger partial charge in [-0.3, -0.25) is 19.3 Å². The first-order valence-corrected chi connectivity index (χ1v) is 12.6. The molecule has 196 valence electrons. The van der Waals surface area contributed by atoms with Crippen molar-refractivity contribution >= 4 is 29.1 Å². The summed E-state index contributed by atoms with van der Waals surface area (Å²) in [6.45, 7) is 6.06. The fourth-order valence-electron chi connectivity index (χ4n) is 4.69. The molecule has 0 spiro atoms. The fourth-order valence-corrected chi connectivity index (χ4v) is 4.69. The maximum atomic E-state index is 13.4. The Morgan fingerprint density at radius 1 is 1.00 bits per heavy atom. The maximum Gasteiger partial charge on any atom is 0.310 e. The quantitative estimate of drug-likeness (QED) is 0.184. The molecule has 1 N–H and O–H groups in total. The summed E-state index contributed by atoms with van der Waals surface area (Å²) in [6, 6.07) is 20.4. The number of aliphatic hydroxyl groups excluding tert-OH is 1. The molecule has 1 amide bonds. The van der Waals surface area contributed by atoms with Crippen LogP contribution >= 0.6 is 0 Å². The fraction of sp³-hybridized carbons (Fsp3) is 0.258. The van der Waals surface area contributed by atoms with Crippen molar-refractivity contribution in [2.45, 2.75) is 39.2 Å². The van der Waals surface area contributed by atoms with E-state index in [1.54, 1.807) is 56.5 Å². The third kappa shape index (κ3) is 5.18. The predicted octanol–water partition coefficient (Wildman–Crippen LogP) is 5.55. The molecule has 7 nitrogen and oxygen atoms in total. The zero-order valence-corrected chi connectivity index (χ0v) is 21.9. The Morgan fingerprint density at radius 3 is 2.29 bits per heavy atom. The van der Waals surface area contributed by atoms with Gasteiger partial charge in [-0.05, 0) is 59.9 Å². The summed E-state index contributed by atoms with van der Waals surface area (Å²) < 4.78 is 10.5. The lowest BCUT2D eigenvalue weighted by Gasteiger charge is -2.25. The van der Waals surface area contributed by atoms with Crippen LogP contribution in [0, 0.1) is 0 Å². The smallest absolute Gasteiger partial charge is 0.310 e. The Labute approximate surface area is 222 Å². The van der Waals surface area contributed by atoms with Gasteiger partial charge in [0.15, 0.2) is 0 Å². The number of methoxy groups -OCH3 is 1. The molecule has 0 aliphatic carbocycles. The van der Waals surface area contributed by atoms with Crippen LogP contribution in [0.15, 0.2) is 78.4 Å². The lowest BCUT2D eigenvalue weighted by atomic mass is 9.93. The van der Waals surface area contributed by atoms with Gasteiger partial charge in [-0.15, -0.1) is 0 Å². The Kier molecular flexibility index (Phi) is 7.96. The molecule has 38 heavy (non-hydrogen) atoms. The van der Waals surface area contributed by atoms with Crippen molar-refractivity contribution in [2.24, 2.45) is 0 Å². The van der Waals surface area contributed by atoms with Crippen LogP contribution in [0.25, 0.3) is 5.76 Å². The van der Waals surface area contributed by atoms with E-state index in [1.165, 1.54) is 4.90 Å². The second-order valence-electron chi connectivity index (χ2n) is 9.34. The van der Waals surface area contributed by atoms with Crippen molar-refractivity contribution in [1.82, 2.24) is 0 Å². The highest BCUT2D eigenvalue weighted by Crippen LogP contribution is 2.42. The Balaban J connectivity index is 1.82. The molecule has 1 heterocycles. The molecule has 1 saturated heterocycles. The van der Waals surface area contributed by atoms with Gasteiger partial charge in [0, 0.05) is 11.3 Å². The van der Waals surface area contributed by atoms with Crippen LogP contribution in [-0.2, 0) is 25.5 Å². The number of esters is 1. The number of rotatable bonds is 8. The van der Waals surface area contributed by atoms with Gasteiger partial charge >= 0.3 is 5.97 Å². The van der Waals surface area contributed by atoms with Crippen LogP contribution in [0.4, 0.5) is 5.69 Å². The van der Waals surface area contributed by atoms with E-state index in [9.17, 15) is 19.5 Å². The van der Waals surface area contributed by atoms with Crippen LogP contribution in [0.3, 0.4) is 0 Å². The lowest BCUT2D eigenvalue weighted by Crippen LogP contribution is -2.29. The van der Waals surface area contributed by atoms with E-state index in [0.29, 0.717) is 29.2 Å². The number of nitrogens with zero attached hydrogens (tertiary/aromatic N) is 1. The first-order valence-electron chi connectivity index (χ1n) is 12.6. The number of ether oxygens (including phenoxy) is 2. The maximum absolute atomic E-state index is 13.4. The summed E-state index contributed by atoms with van der Waals surface area (Å²) >= 11 is 0. The molecule has 0 saturated carbocycles.